The Morgan fingerprint density at radius 2 is 1.36 bits per heavy atom. The Bertz CT molecular complexity index is 525. The molecule has 0 aromatic heterocycles. The summed E-state index contributed by atoms with van der Waals surface area (Å²) in [4.78, 5) is 21.5. The molecule has 0 aromatic carbocycles. The van der Waals surface area contributed by atoms with Gasteiger partial charge < -0.3 is 18.9 Å². The molecule has 198 valence electrons. The zero-order valence-corrected chi connectivity index (χ0v) is 22.8. The third-order valence-electron chi connectivity index (χ3n) is 5.22. The maximum atomic E-state index is 12.1. The molecule has 0 amide bonds. The molecule has 2 atom stereocenters. The van der Waals surface area contributed by atoms with Crippen molar-refractivity contribution in [2.75, 3.05) is 54.1 Å². The van der Waals surface area contributed by atoms with Crippen molar-refractivity contribution in [1.82, 2.24) is 0 Å². The first-order valence-corrected chi connectivity index (χ1v) is 14.3. The van der Waals surface area contributed by atoms with Gasteiger partial charge in [-0.25, -0.2) is 4.57 Å². The van der Waals surface area contributed by atoms with Crippen molar-refractivity contribution >= 4 is 13.8 Å². The van der Waals surface area contributed by atoms with Crippen LogP contribution in [0.15, 0.2) is 0 Å². The lowest BCUT2D eigenvalue weighted by molar-refractivity contribution is -0.870. The lowest BCUT2D eigenvalue weighted by Crippen LogP contribution is -2.37. The molecule has 0 bridgehead atoms. The number of phosphoric acid groups is 1. The van der Waals surface area contributed by atoms with E-state index in [9.17, 15) is 14.3 Å². The van der Waals surface area contributed by atoms with E-state index in [1.165, 1.54) is 57.8 Å². The molecular formula is C24H51NO7P+. The van der Waals surface area contributed by atoms with Crippen LogP contribution in [0.25, 0.3) is 0 Å². The zero-order chi connectivity index (χ0) is 25.0. The second kappa shape index (κ2) is 19.8. The first kappa shape index (κ1) is 32.5. The van der Waals surface area contributed by atoms with Gasteiger partial charge in [0.05, 0.1) is 34.4 Å². The molecule has 0 saturated heterocycles. The van der Waals surface area contributed by atoms with Gasteiger partial charge in [0.15, 0.2) is 0 Å². The van der Waals surface area contributed by atoms with Gasteiger partial charge in [0.25, 0.3) is 0 Å². The van der Waals surface area contributed by atoms with E-state index in [0.29, 0.717) is 17.6 Å². The molecule has 0 aliphatic heterocycles. The molecule has 0 heterocycles. The normalized spacial score (nSPS) is 14.7. The quantitative estimate of drug-likeness (QED) is 0.0867. The summed E-state index contributed by atoms with van der Waals surface area (Å²) in [5, 5.41) is 0. The van der Waals surface area contributed by atoms with Crippen molar-refractivity contribution in [2.45, 2.75) is 97.0 Å². The fourth-order valence-electron chi connectivity index (χ4n) is 3.11. The van der Waals surface area contributed by atoms with E-state index >= 15 is 0 Å². The van der Waals surface area contributed by atoms with E-state index in [1.807, 2.05) is 21.1 Å². The molecule has 0 aromatic rings. The van der Waals surface area contributed by atoms with Crippen LogP contribution < -0.4 is 0 Å². The fourth-order valence-corrected chi connectivity index (χ4v) is 3.85. The summed E-state index contributed by atoms with van der Waals surface area (Å²) < 4.78 is 33.6. The summed E-state index contributed by atoms with van der Waals surface area (Å²) in [6, 6.07) is 0. The SMILES string of the molecule is CCCCCCCCCCCCCOCC(COP(=O)(O)OCC[N+](C)(C)C)OC(=O)CC. The highest BCUT2D eigenvalue weighted by Crippen LogP contribution is 2.43. The van der Waals surface area contributed by atoms with Crippen LogP contribution in [0.5, 0.6) is 0 Å². The van der Waals surface area contributed by atoms with Crippen LogP contribution in [0.2, 0.25) is 0 Å². The van der Waals surface area contributed by atoms with Gasteiger partial charge in [-0.05, 0) is 6.42 Å². The number of rotatable bonds is 23. The van der Waals surface area contributed by atoms with Gasteiger partial charge in [-0.15, -0.1) is 0 Å². The number of carbonyl (C=O) groups is 1. The Morgan fingerprint density at radius 1 is 0.818 bits per heavy atom. The maximum absolute atomic E-state index is 12.1. The van der Waals surface area contributed by atoms with Crippen LogP contribution in [-0.2, 0) is 27.9 Å². The minimum atomic E-state index is -4.21. The standard InChI is InChI=1S/C24H50NO7P/c1-6-8-9-10-11-12-13-14-15-16-17-19-29-21-23(32-24(26)7-2)22-31-33(27,28)30-20-18-25(3,4)5/h23H,6-22H2,1-5H3/p+1. The summed E-state index contributed by atoms with van der Waals surface area (Å²) >= 11 is 0. The van der Waals surface area contributed by atoms with E-state index in [0.717, 1.165) is 12.8 Å². The predicted molar refractivity (Wildman–Crippen MR) is 132 cm³/mol. The average molecular weight is 497 g/mol. The number of likely N-dealkylation sites (N-methyl/N-ethyl adjacent to an activating group) is 1. The highest BCUT2D eigenvalue weighted by Gasteiger charge is 2.26. The van der Waals surface area contributed by atoms with E-state index < -0.39 is 19.9 Å². The Labute approximate surface area is 202 Å². The van der Waals surface area contributed by atoms with Gasteiger partial charge in [-0.1, -0.05) is 78.1 Å². The second-order valence-electron chi connectivity index (χ2n) is 9.69. The second-order valence-corrected chi connectivity index (χ2v) is 11.1. The van der Waals surface area contributed by atoms with Crippen molar-refractivity contribution in [3.63, 3.8) is 0 Å². The number of ether oxygens (including phenoxy) is 2. The van der Waals surface area contributed by atoms with Gasteiger partial charge in [-0.2, -0.15) is 0 Å². The number of quaternary nitrogens is 1. The van der Waals surface area contributed by atoms with E-state index in [2.05, 4.69) is 6.92 Å². The van der Waals surface area contributed by atoms with Crippen LogP contribution in [-0.4, -0.2) is 75.6 Å². The molecule has 2 unspecified atom stereocenters. The molecule has 0 saturated carbocycles. The molecule has 8 nitrogen and oxygen atoms in total. The van der Waals surface area contributed by atoms with E-state index in [1.54, 1.807) is 6.92 Å². The highest BCUT2D eigenvalue weighted by molar-refractivity contribution is 7.47. The number of esters is 1. The molecule has 0 spiro atoms. The van der Waals surface area contributed by atoms with Crippen LogP contribution in [0.3, 0.4) is 0 Å². The van der Waals surface area contributed by atoms with Gasteiger partial charge in [-0.3, -0.25) is 13.8 Å². The molecule has 0 fully saturated rings. The Balaban J connectivity index is 4.00. The summed E-state index contributed by atoms with van der Waals surface area (Å²) in [7, 11) is 1.66. The van der Waals surface area contributed by atoms with E-state index in [-0.39, 0.29) is 26.2 Å². The summed E-state index contributed by atoms with van der Waals surface area (Å²) in [5.74, 6) is -0.402. The smallest absolute Gasteiger partial charge is 0.457 e. The predicted octanol–water partition coefficient (Wildman–Crippen LogP) is 5.48. The highest BCUT2D eigenvalue weighted by atomic mass is 31.2. The van der Waals surface area contributed by atoms with Gasteiger partial charge in [0, 0.05) is 13.0 Å². The molecule has 9 heteroatoms. The van der Waals surface area contributed by atoms with E-state index in [4.69, 9.17) is 18.5 Å². The van der Waals surface area contributed by atoms with Crippen molar-refractivity contribution in [3.05, 3.63) is 0 Å². The number of nitrogens with zero attached hydrogens (tertiary/aromatic N) is 1. The maximum Gasteiger partial charge on any atom is 0.472 e. The van der Waals surface area contributed by atoms with Gasteiger partial charge >= 0.3 is 13.8 Å². The summed E-state index contributed by atoms with van der Waals surface area (Å²) in [5.41, 5.74) is 0. The summed E-state index contributed by atoms with van der Waals surface area (Å²) in [6.45, 7) is 5.03. The minimum Gasteiger partial charge on any atom is -0.457 e. The number of phosphoric ester groups is 1. The van der Waals surface area contributed by atoms with Crippen LogP contribution in [0.1, 0.15) is 90.9 Å². The average Bonchev–Trinajstić information content (AvgIpc) is 2.73. The minimum absolute atomic E-state index is 0.0893. The fraction of sp³-hybridized carbons (Fsp3) is 0.958. The first-order chi connectivity index (χ1) is 15.6. The largest absolute Gasteiger partial charge is 0.472 e. The van der Waals surface area contributed by atoms with Crippen molar-refractivity contribution in [2.24, 2.45) is 0 Å². The lowest BCUT2D eigenvalue weighted by atomic mass is 10.1. The van der Waals surface area contributed by atoms with Crippen molar-refractivity contribution < 1.29 is 37.3 Å². The Kier molecular flexibility index (Phi) is 19.5. The Hall–Kier alpha value is -0.500. The molecule has 1 N–H and O–H groups in total. The molecule has 0 rings (SSSR count). The van der Waals surface area contributed by atoms with Crippen LogP contribution >= 0.6 is 7.82 Å². The number of unbranched alkanes of at least 4 members (excludes halogenated alkanes) is 10. The zero-order valence-electron chi connectivity index (χ0n) is 21.9. The molecule has 33 heavy (non-hydrogen) atoms. The monoisotopic (exact) mass is 496 g/mol. The third kappa shape index (κ3) is 23.0. The van der Waals surface area contributed by atoms with Crippen LogP contribution in [0, 0.1) is 0 Å². The first-order valence-electron chi connectivity index (χ1n) is 12.8. The molecule has 0 radical (unpaired) electrons. The topological polar surface area (TPSA) is 91.3 Å². The number of hydrogen-bond acceptors (Lipinski definition) is 6. The van der Waals surface area contributed by atoms with Crippen molar-refractivity contribution in [1.29, 1.82) is 0 Å². The summed E-state index contributed by atoms with van der Waals surface area (Å²) in [6.07, 6.45) is 13.4. The third-order valence-corrected chi connectivity index (χ3v) is 6.21. The lowest BCUT2D eigenvalue weighted by Gasteiger charge is -2.24. The molecular weight excluding hydrogens is 445 g/mol. The van der Waals surface area contributed by atoms with Crippen molar-refractivity contribution in [3.8, 4) is 0 Å². The number of carbonyl (C=O) groups excluding carboxylic acids is 1. The Morgan fingerprint density at radius 3 is 1.88 bits per heavy atom. The van der Waals surface area contributed by atoms with Gasteiger partial charge in [0.1, 0.15) is 19.3 Å². The number of hydrogen-bond donors (Lipinski definition) is 1. The van der Waals surface area contributed by atoms with Gasteiger partial charge in [0.2, 0.25) is 0 Å². The van der Waals surface area contributed by atoms with Crippen LogP contribution in [0.4, 0.5) is 0 Å². The molecule has 0 aliphatic carbocycles. The molecule has 0 aliphatic rings.